The Morgan fingerprint density at radius 3 is 2.36 bits per heavy atom. The van der Waals surface area contributed by atoms with Gasteiger partial charge in [-0.3, -0.25) is 9.59 Å². The molecule has 0 radical (unpaired) electrons. The summed E-state index contributed by atoms with van der Waals surface area (Å²) in [5, 5.41) is 0. The number of carbonyl (C=O) groups is 2. The molecule has 6 heteroatoms. The van der Waals surface area contributed by atoms with Gasteiger partial charge >= 0.3 is 5.97 Å². The molecule has 0 aliphatic carbocycles. The van der Waals surface area contributed by atoms with Crippen LogP contribution in [0.4, 0.5) is 0 Å². The molecular weight excluding hydrogens is 358 g/mol. The van der Waals surface area contributed by atoms with Crippen molar-refractivity contribution >= 4 is 11.9 Å². The average molecular weight is 383 g/mol. The molecule has 0 spiro atoms. The van der Waals surface area contributed by atoms with E-state index in [0.29, 0.717) is 31.0 Å². The number of methoxy groups -OCH3 is 2. The molecule has 2 aromatic carbocycles. The fraction of sp³-hybridized carbons (Fsp3) is 0.364. The molecule has 6 nitrogen and oxygen atoms in total. The zero-order chi connectivity index (χ0) is 19.9. The standard InChI is InChI=1S/C22H25NO5/c1-26-19-12-17-10-11-23(14-18(17)13-20(19)27-2)21(24)15-28-22(25)9-8-16-6-4-3-5-7-16/h3-7,12-13H,8-11,14-15H2,1-2H3. The molecule has 148 valence electrons. The quantitative estimate of drug-likeness (QED) is 0.688. The van der Waals surface area contributed by atoms with E-state index in [1.807, 2.05) is 42.5 Å². The molecule has 28 heavy (non-hydrogen) atoms. The van der Waals surface area contributed by atoms with Gasteiger partial charge in [0.05, 0.1) is 14.2 Å². The van der Waals surface area contributed by atoms with Crippen molar-refractivity contribution in [3.8, 4) is 11.5 Å². The Morgan fingerprint density at radius 1 is 1.00 bits per heavy atom. The first-order valence-electron chi connectivity index (χ1n) is 9.32. The Hall–Kier alpha value is -3.02. The number of amides is 1. The summed E-state index contributed by atoms with van der Waals surface area (Å²) < 4.78 is 15.8. The van der Waals surface area contributed by atoms with Crippen molar-refractivity contribution in [1.29, 1.82) is 0 Å². The minimum atomic E-state index is -0.360. The van der Waals surface area contributed by atoms with Crippen LogP contribution in [-0.4, -0.2) is 44.1 Å². The lowest BCUT2D eigenvalue weighted by Crippen LogP contribution is -2.38. The molecule has 0 saturated carbocycles. The van der Waals surface area contributed by atoms with Crippen molar-refractivity contribution in [2.45, 2.75) is 25.8 Å². The van der Waals surface area contributed by atoms with Gasteiger partial charge in [0.2, 0.25) is 0 Å². The van der Waals surface area contributed by atoms with E-state index in [1.165, 1.54) is 0 Å². The third-order valence-electron chi connectivity index (χ3n) is 4.89. The number of ether oxygens (including phenoxy) is 3. The molecule has 0 atom stereocenters. The number of hydrogen-bond donors (Lipinski definition) is 0. The van der Waals surface area contributed by atoms with Crippen LogP contribution in [0.1, 0.15) is 23.1 Å². The van der Waals surface area contributed by atoms with Crippen LogP contribution < -0.4 is 9.47 Å². The minimum Gasteiger partial charge on any atom is -0.493 e. The predicted molar refractivity (Wildman–Crippen MR) is 104 cm³/mol. The SMILES string of the molecule is COc1cc2c(cc1OC)CN(C(=O)COC(=O)CCc1ccccc1)CC2. The van der Waals surface area contributed by atoms with Crippen molar-refractivity contribution in [3.63, 3.8) is 0 Å². The van der Waals surface area contributed by atoms with Crippen LogP contribution in [0.25, 0.3) is 0 Å². The molecule has 1 aliphatic rings. The minimum absolute atomic E-state index is 0.187. The number of hydrogen-bond acceptors (Lipinski definition) is 5. The van der Waals surface area contributed by atoms with Crippen LogP contribution in [-0.2, 0) is 33.7 Å². The van der Waals surface area contributed by atoms with Gasteiger partial charge in [-0.05, 0) is 41.7 Å². The van der Waals surface area contributed by atoms with Gasteiger partial charge in [0.15, 0.2) is 18.1 Å². The summed E-state index contributed by atoms with van der Waals surface area (Å²) in [6, 6.07) is 13.6. The molecule has 1 aliphatic heterocycles. The van der Waals surface area contributed by atoms with Gasteiger partial charge in [0.25, 0.3) is 5.91 Å². The van der Waals surface area contributed by atoms with Crippen LogP contribution in [0.15, 0.2) is 42.5 Å². The molecule has 1 amide bonds. The summed E-state index contributed by atoms with van der Waals surface area (Å²) in [6.07, 6.45) is 1.59. The zero-order valence-corrected chi connectivity index (χ0v) is 16.3. The highest BCUT2D eigenvalue weighted by Crippen LogP contribution is 2.33. The van der Waals surface area contributed by atoms with Gasteiger partial charge in [0.1, 0.15) is 0 Å². The summed E-state index contributed by atoms with van der Waals surface area (Å²) in [5.41, 5.74) is 3.23. The maximum absolute atomic E-state index is 12.5. The van der Waals surface area contributed by atoms with Crippen molar-refractivity contribution in [3.05, 3.63) is 59.2 Å². The van der Waals surface area contributed by atoms with Gasteiger partial charge in [0, 0.05) is 19.5 Å². The highest BCUT2D eigenvalue weighted by Gasteiger charge is 2.23. The number of carbonyl (C=O) groups excluding carboxylic acids is 2. The molecular formula is C22H25NO5. The van der Waals surface area contributed by atoms with Crippen molar-refractivity contribution < 1.29 is 23.8 Å². The molecule has 0 saturated heterocycles. The maximum atomic E-state index is 12.5. The van der Waals surface area contributed by atoms with E-state index in [2.05, 4.69) is 0 Å². The monoisotopic (exact) mass is 383 g/mol. The van der Waals surface area contributed by atoms with E-state index in [0.717, 1.165) is 23.1 Å². The van der Waals surface area contributed by atoms with E-state index < -0.39 is 0 Å². The number of esters is 1. The highest BCUT2D eigenvalue weighted by atomic mass is 16.5. The maximum Gasteiger partial charge on any atom is 0.306 e. The first-order valence-corrected chi connectivity index (χ1v) is 9.32. The normalized spacial score (nSPS) is 12.9. The Morgan fingerprint density at radius 2 is 1.68 bits per heavy atom. The average Bonchev–Trinajstić information content (AvgIpc) is 2.75. The third kappa shape index (κ3) is 4.82. The topological polar surface area (TPSA) is 65.1 Å². The molecule has 0 N–H and O–H groups in total. The lowest BCUT2D eigenvalue weighted by atomic mass is 9.99. The summed E-state index contributed by atoms with van der Waals surface area (Å²) in [7, 11) is 3.19. The van der Waals surface area contributed by atoms with Crippen LogP contribution in [0.3, 0.4) is 0 Å². The first kappa shape index (κ1) is 19.7. The number of fused-ring (bicyclic) bond motifs is 1. The van der Waals surface area contributed by atoms with Crippen molar-refractivity contribution in [2.24, 2.45) is 0 Å². The van der Waals surface area contributed by atoms with E-state index >= 15 is 0 Å². The molecule has 2 aromatic rings. The summed E-state index contributed by atoms with van der Waals surface area (Å²) in [5.74, 6) is 0.783. The largest absolute Gasteiger partial charge is 0.493 e. The number of benzene rings is 2. The lowest BCUT2D eigenvalue weighted by molar-refractivity contribution is -0.152. The molecule has 0 bridgehead atoms. The number of nitrogens with zero attached hydrogens (tertiary/aromatic N) is 1. The van der Waals surface area contributed by atoms with Crippen molar-refractivity contribution in [2.75, 3.05) is 27.4 Å². The Labute approximate surface area is 165 Å². The van der Waals surface area contributed by atoms with E-state index in [-0.39, 0.29) is 24.9 Å². The van der Waals surface area contributed by atoms with Crippen LogP contribution >= 0.6 is 0 Å². The second-order valence-electron chi connectivity index (χ2n) is 6.69. The van der Waals surface area contributed by atoms with Gasteiger partial charge in [-0.25, -0.2) is 0 Å². The van der Waals surface area contributed by atoms with Gasteiger partial charge in [-0.1, -0.05) is 30.3 Å². The smallest absolute Gasteiger partial charge is 0.306 e. The van der Waals surface area contributed by atoms with Gasteiger partial charge in [-0.2, -0.15) is 0 Å². The van der Waals surface area contributed by atoms with Crippen LogP contribution in [0, 0.1) is 0 Å². The Kier molecular flexibility index (Phi) is 6.53. The molecule has 0 unspecified atom stereocenters. The molecule has 1 heterocycles. The van der Waals surface area contributed by atoms with Gasteiger partial charge in [-0.15, -0.1) is 0 Å². The number of aryl methyl sites for hydroxylation is 1. The molecule has 0 aromatic heterocycles. The second kappa shape index (κ2) is 9.26. The fourth-order valence-corrected chi connectivity index (χ4v) is 3.29. The van der Waals surface area contributed by atoms with E-state index in [4.69, 9.17) is 14.2 Å². The van der Waals surface area contributed by atoms with Gasteiger partial charge < -0.3 is 19.1 Å². The predicted octanol–water partition coefficient (Wildman–Crippen LogP) is 2.76. The van der Waals surface area contributed by atoms with E-state index in [1.54, 1.807) is 19.1 Å². The summed E-state index contributed by atoms with van der Waals surface area (Å²) >= 11 is 0. The Balaban J connectivity index is 1.51. The fourth-order valence-electron chi connectivity index (χ4n) is 3.29. The zero-order valence-electron chi connectivity index (χ0n) is 16.3. The summed E-state index contributed by atoms with van der Waals surface area (Å²) in [6.45, 7) is 0.829. The van der Waals surface area contributed by atoms with E-state index in [9.17, 15) is 9.59 Å². The Bertz CT molecular complexity index is 834. The third-order valence-corrected chi connectivity index (χ3v) is 4.89. The molecule has 3 rings (SSSR count). The van der Waals surface area contributed by atoms with Crippen LogP contribution in [0.2, 0.25) is 0 Å². The van der Waals surface area contributed by atoms with Crippen LogP contribution in [0.5, 0.6) is 11.5 Å². The second-order valence-corrected chi connectivity index (χ2v) is 6.69. The highest BCUT2D eigenvalue weighted by molar-refractivity contribution is 5.81. The summed E-state index contributed by atoms with van der Waals surface area (Å²) in [4.78, 5) is 26.1. The van der Waals surface area contributed by atoms with Crippen molar-refractivity contribution in [1.82, 2.24) is 4.90 Å². The lowest BCUT2D eigenvalue weighted by Gasteiger charge is -2.29. The first-order chi connectivity index (χ1) is 13.6. The number of rotatable bonds is 7. The molecule has 0 fully saturated rings.